The number of H-pyrrole nitrogens is 1. The van der Waals surface area contributed by atoms with E-state index in [9.17, 15) is 0 Å². The van der Waals surface area contributed by atoms with Gasteiger partial charge in [-0.1, -0.05) is 6.42 Å². The Hall–Kier alpha value is -1.36. The number of anilines is 1. The van der Waals surface area contributed by atoms with E-state index < -0.39 is 0 Å². The second-order valence-corrected chi connectivity index (χ2v) is 4.35. The van der Waals surface area contributed by atoms with Gasteiger partial charge in [-0.3, -0.25) is 0 Å². The monoisotopic (exact) mass is 253 g/mol. The van der Waals surface area contributed by atoms with Crippen molar-refractivity contribution in [3.05, 3.63) is 12.7 Å². The van der Waals surface area contributed by atoms with Gasteiger partial charge in [0.2, 0.25) is 0 Å². The molecule has 0 aromatic carbocycles. The van der Waals surface area contributed by atoms with E-state index in [1.165, 1.54) is 0 Å². The number of rotatable bonds is 6. The van der Waals surface area contributed by atoms with Crippen LogP contribution in [0.3, 0.4) is 0 Å². The van der Waals surface area contributed by atoms with Gasteiger partial charge in [-0.2, -0.15) is 0 Å². The molecule has 0 aliphatic heterocycles. The van der Waals surface area contributed by atoms with Gasteiger partial charge >= 0.3 is 0 Å². The average Bonchev–Trinajstić information content (AvgIpc) is 2.82. The maximum absolute atomic E-state index is 5.65. The van der Waals surface area contributed by atoms with Gasteiger partial charge in [-0.25, -0.2) is 15.0 Å². The Morgan fingerprint density at radius 1 is 1.24 bits per heavy atom. The van der Waals surface area contributed by atoms with Crippen molar-refractivity contribution in [3.63, 3.8) is 0 Å². The molecule has 0 aliphatic rings. The topological polar surface area (TPSA) is 57.7 Å². The summed E-state index contributed by atoms with van der Waals surface area (Å²) in [5, 5.41) is 0. The molecule has 0 bridgehead atoms. The molecule has 0 fully saturated rings. The molecular weight excluding hydrogens is 238 g/mol. The van der Waals surface area contributed by atoms with E-state index in [0.29, 0.717) is 5.65 Å². The third-order valence-corrected chi connectivity index (χ3v) is 2.96. The number of nitrogens with one attached hydrogen (secondary N) is 1. The summed E-state index contributed by atoms with van der Waals surface area (Å²) in [6, 6.07) is 0. The zero-order valence-corrected chi connectivity index (χ0v) is 10.6. The Morgan fingerprint density at radius 3 is 2.94 bits per heavy atom. The maximum atomic E-state index is 5.65. The Labute approximate surface area is 105 Å². The van der Waals surface area contributed by atoms with Crippen LogP contribution in [0.4, 0.5) is 5.82 Å². The van der Waals surface area contributed by atoms with E-state index >= 15 is 0 Å². The number of hydrogen-bond donors (Lipinski definition) is 1. The molecule has 0 spiro atoms. The van der Waals surface area contributed by atoms with Gasteiger partial charge in [-0.05, 0) is 12.8 Å². The smallest absolute Gasteiger partial charge is 0.182 e. The highest BCUT2D eigenvalue weighted by Crippen LogP contribution is 2.18. The minimum atomic E-state index is 0.711. The summed E-state index contributed by atoms with van der Waals surface area (Å²) >= 11 is 5.65. The molecule has 0 saturated carbocycles. The summed E-state index contributed by atoms with van der Waals surface area (Å²) in [4.78, 5) is 17.7. The van der Waals surface area contributed by atoms with Crippen LogP contribution in [0.2, 0.25) is 0 Å². The fourth-order valence-corrected chi connectivity index (χ4v) is 1.96. The van der Waals surface area contributed by atoms with Crippen LogP contribution in [-0.2, 0) is 0 Å². The molecule has 2 aromatic heterocycles. The number of fused-ring (bicyclic) bond motifs is 1. The minimum absolute atomic E-state index is 0.711. The number of alkyl halides is 1. The summed E-state index contributed by atoms with van der Waals surface area (Å²) in [5.74, 6) is 1.64. The molecule has 0 atom stereocenters. The first-order chi connectivity index (χ1) is 8.33. The van der Waals surface area contributed by atoms with E-state index in [-0.39, 0.29) is 0 Å². The average molecular weight is 254 g/mol. The fourth-order valence-electron chi connectivity index (χ4n) is 1.77. The maximum Gasteiger partial charge on any atom is 0.182 e. The SMILES string of the molecule is CN(CCCCCCl)c1ncnc2nc[nH]c12. The minimum Gasteiger partial charge on any atom is -0.358 e. The lowest BCUT2D eigenvalue weighted by molar-refractivity contribution is 0.704. The highest BCUT2D eigenvalue weighted by Gasteiger charge is 2.09. The van der Waals surface area contributed by atoms with Crippen LogP contribution < -0.4 is 4.90 Å². The summed E-state index contributed by atoms with van der Waals surface area (Å²) in [6.45, 7) is 0.960. The van der Waals surface area contributed by atoms with Crippen LogP contribution >= 0.6 is 11.6 Å². The lowest BCUT2D eigenvalue weighted by atomic mass is 10.2. The standard InChI is InChI=1S/C11H16ClN5/c1-17(6-4-2-3-5-12)11-9-10(14-7-13-9)15-8-16-11/h7-8H,2-6H2,1H3,(H,13,14,15,16). The van der Waals surface area contributed by atoms with Gasteiger partial charge in [0.05, 0.1) is 6.33 Å². The van der Waals surface area contributed by atoms with Crippen molar-refractivity contribution in [1.29, 1.82) is 0 Å². The number of aromatic amines is 1. The first-order valence-corrected chi connectivity index (χ1v) is 6.27. The van der Waals surface area contributed by atoms with E-state index in [0.717, 1.165) is 43.0 Å². The zero-order valence-electron chi connectivity index (χ0n) is 9.86. The van der Waals surface area contributed by atoms with Crippen molar-refractivity contribution in [3.8, 4) is 0 Å². The molecule has 0 unspecified atom stereocenters. The predicted octanol–water partition coefficient (Wildman–Crippen LogP) is 2.20. The predicted molar refractivity (Wildman–Crippen MR) is 69.5 cm³/mol. The van der Waals surface area contributed by atoms with Gasteiger partial charge in [0.1, 0.15) is 11.8 Å². The summed E-state index contributed by atoms with van der Waals surface area (Å²) in [7, 11) is 2.03. The number of imidazole rings is 1. The first kappa shape index (κ1) is 12.1. The highest BCUT2D eigenvalue weighted by molar-refractivity contribution is 6.17. The lowest BCUT2D eigenvalue weighted by Gasteiger charge is -2.17. The largest absolute Gasteiger partial charge is 0.358 e. The summed E-state index contributed by atoms with van der Waals surface area (Å²) < 4.78 is 0. The molecule has 0 saturated heterocycles. The van der Waals surface area contributed by atoms with Crippen LogP contribution in [-0.4, -0.2) is 39.4 Å². The van der Waals surface area contributed by atoms with Crippen molar-refractivity contribution in [1.82, 2.24) is 19.9 Å². The van der Waals surface area contributed by atoms with Crippen molar-refractivity contribution in [2.75, 3.05) is 24.4 Å². The summed E-state index contributed by atoms with van der Waals surface area (Å²) in [6.07, 6.45) is 6.52. The third-order valence-electron chi connectivity index (χ3n) is 2.69. The van der Waals surface area contributed by atoms with E-state index in [1.54, 1.807) is 12.7 Å². The molecule has 0 amide bonds. The van der Waals surface area contributed by atoms with Gasteiger partial charge < -0.3 is 9.88 Å². The summed E-state index contributed by atoms with van der Waals surface area (Å²) in [5.41, 5.74) is 1.61. The van der Waals surface area contributed by atoms with Gasteiger partial charge in [0.15, 0.2) is 11.5 Å². The van der Waals surface area contributed by atoms with Gasteiger partial charge in [0, 0.05) is 19.5 Å². The fraction of sp³-hybridized carbons (Fsp3) is 0.545. The quantitative estimate of drug-likeness (QED) is 0.633. The van der Waals surface area contributed by atoms with Crippen LogP contribution in [0.1, 0.15) is 19.3 Å². The van der Waals surface area contributed by atoms with E-state index in [4.69, 9.17) is 11.6 Å². The van der Waals surface area contributed by atoms with Crippen LogP contribution in [0, 0.1) is 0 Å². The number of nitrogens with zero attached hydrogens (tertiary/aromatic N) is 4. The van der Waals surface area contributed by atoms with E-state index in [2.05, 4.69) is 24.8 Å². The molecule has 2 aromatic rings. The van der Waals surface area contributed by atoms with Crippen LogP contribution in [0.5, 0.6) is 0 Å². The number of unbranched alkanes of at least 4 members (excludes halogenated alkanes) is 2. The molecule has 5 nitrogen and oxygen atoms in total. The molecular formula is C11H16ClN5. The number of aromatic nitrogens is 4. The van der Waals surface area contributed by atoms with Gasteiger partial charge in [-0.15, -0.1) is 11.6 Å². The first-order valence-electron chi connectivity index (χ1n) is 5.74. The van der Waals surface area contributed by atoms with Crippen molar-refractivity contribution in [2.24, 2.45) is 0 Å². The van der Waals surface area contributed by atoms with Crippen molar-refractivity contribution in [2.45, 2.75) is 19.3 Å². The molecule has 6 heteroatoms. The third kappa shape index (κ3) is 2.85. The Bertz CT molecular complexity index is 470. The van der Waals surface area contributed by atoms with Crippen molar-refractivity contribution < 1.29 is 0 Å². The van der Waals surface area contributed by atoms with Crippen LogP contribution in [0.15, 0.2) is 12.7 Å². The lowest BCUT2D eigenvalue weighted by Crippen LogP contribution is -2.20. The highest BCUT2D eigenvalue weighted by atomic mass is 35.5. The Kier molecular flexibility index (Phi) is 4.14. The van der Waals surface area contributed by atoms with E-state index in [1.807, 2.05) is 7.05 Å². The molecule has 2 heterocycles. The molecule has 92 valence electrons. The van der Waals surface area contributed by atoms with Gasteiger partial charge in [0.25, 0.3) is 0 Å². The Morgan fingerprint density at radius 2 is 2.12 bits per heavy atom. The zero-order chi connectivity index (χ0) is 12.1. The molecule has 2 rings (SSSR count). The molecule has 0 radical (unpaired) electrons. The van der Waals surface area contributed by atoms with Crippen LogP contribution in [0.25, 0.3) is 11.2 Å². The molecule has 17 heavy (non-hydrogen) atoms. The van der Waals surface area contributed by atoms with Crippen molar-refractivity contribution >= 4 is 28.6 Å². The second-order valence-electron chi connectivity index (χ2n) is 3.97. The number of hydrogen-bond acceptors (Lipinski definition) is 4. The normalized spacial score (nSPS) is 10.9. The number of halogens is 1. The second kappa shape index (κ2) is 5.82. The Balaban J connectivity index is 2.03. The molecule has 1 N–H and O–H groups in total. The molecule has 0 aliphatic carbocycles.